The van der Waals surface area contributed by atoms with Crippen LogP contribution < -0.4 is 5.73 Å². The highest BCUT2D eigenvalue weighted by atomic mass is 15.2. The molecule has 2 rings (SSSR count). The second-order valence-electron chi connectivity index (χ2n) is 2.91. The Morgan fingerprint density at radius 2 is 2.38 bits per heavy atom. The maximum absolute atomic E-state index is 7.13. The molecule has 0 aliphatic heterocycles. The van der Waals surface area contributed by atoms with Crippen molar-refractivity contribution in [2.45, 2.75) is 6.42 Å². The van der Waals surface area contributed by atoms with E-state index >= 15 is 0 Å². The number of pyridine rings is 1. The number of nitrogens with zero attached hydrogens (tertiary/aromatic N) is 2. The maximum atomic E-state index is 7.13. The van der Waals surface area contributed by atoms with Gasteiger partial charge in [-0.3, -0.25) is 5.41 Å². The Balaban J connectivity index is 2.44. The summed E-state index contributed by atoms with van der Waals surface area (Å²) in [5.74, 6) is 0.142. The minimum atomic E-state index is 0.142. The fourth-order valence-electron chi connectivity index (χ4n) is 1.27. The standard InChI is InChI=1S/C9H10N4/c10-9(11)6-7-5-8-3-1-2-4-13(8)12-7/h1-5H,6H2,(H3,10,11). The van der Waals surface area contributed by atoms with Gasteiger partial charge in [-0.1, -0.05) is 6.07 Å². The van der Waals surface area contributed by atoms with Gasteiger partial charge in [0.1, 0.15) is 0 Å². The van der Waals surface area contributed by atoms with Crippen LogP contribution in [0.25, 0.3) is 5.52 Å². The number of hydrogen-bond acceptors (Lipinski definition) is 2. The predicted molar refractivity (Wildman–Crippen MR) is 50.8 cm³/mol. The third kappa shape index (κ3) is 1.51. The normalized spacial score (nSPS) is 10.5. The van der Waals surface area contributed by atoms with Gasteiger partial charge >= 0.3 is 0 Å². The van der Waals surface area contributed by atoms with Crippen LogP contribution in [0.1, 0.15) is 5.69 Å². The molecule has 0 aliphatic rings. The monoisotopic (exact) mass is 174 g/mol. The summed E-state index contributed by atoms with van der Waals surface area (Å²) in [4.78, 5) is 0. The topological polar surface area (TPSA) is 67.2 Å². The smallest absolute Gasteiger partial charge is 0.0966 e. The highest BCUT2D eigenvalue weighted by Gasteiger charge is 2.01. The summed E-state index contributed by atoms with van der Waals surface area (Å²) in [5, 5.41) is 11.4. The first-order valence-electron chi connectivity index (χ1n) is 4.02. The molecule has 0 radical (unpaired) electrons. The molecule has 13 heavy (non-hydrogen) atoms. The van der Waals surface area contributed by atoms with Crippen LogP contribution in [0.15, 0.2) is 30.5 Å². The zero-order valence-electron chi connectivity index (χ0n) is 7.07. The second-order valence-corrected chi connectivity index (χ2v) is 2.91. The van der Waals surface area contributed by atoms with Gasteiger partial charge in [0.15, 0.2) is 0 Å². The molecule has 0 spiro atoms. The van der Waals surface area contributed by atoms with E-state index in [2.05, 4.69) is 5.10 Å². The summed E-state index contributed by atoms with van der Waals surface area (Å²) in [6.07, 6.45) is 2.29. The Kier molecular flexibility index (Phi) is 1.73. The number of amidine groups is 1. The van der Waals surface area contributed by atoms with E-state index in [0.29, 0.717) is 6.42 Å². The van der Waals surface area contributed by atoms with Crippen LogP contribution in [0, 0.1) is 5.41 Å². The molecule has 0 amide bonds. The second kappa shape index (κ2) is 2.90. The van der Waals surface area contributed by atoms with Crippen molar-refractivity contribution in [1.29, 1.82) is 5.41 Å². The van der Waals surface area contributed by atoms with Crippen molar-refractivity contribution in [1.82, 2.24) is 9.61 Å². The number of nitrogens with one attached hydrogen (secondary N) is 1. The summed E-state index contributed by atoms with van der Waals surface area (Å²) in [7, 11) is 0. The summed E-state index contributed by atoms with van der Waals surface area (Å²) in [5.41, 5.74) is 7.14. The average Bonchev–Trinajstić information content (AvgIpc) is 2.44. The van der Waals surface area contributed by atoms with Crippen molar-refractivity contribution in [3.8, 4) is 0 Å². The molecule has 0 fully saturated rings. The average molecular weight is 174 g/mol. The van der Waals surface area contributed by atoms with Crippen LogP contribution in [-0.4, -0.2) is 15.4 Å². The Labute approximate surface area is 75.5 Å². The molecule has 2 aromatic heterocycles. The van der Waals surface area contributed by atoms with Gasteiger partial charge in [-0.05, 0) is 18.2 Å². The van der Waals surface area contributed by atoms with E-state index in [0.717, 1.165) is 11.2 Å². The molecule has 0 aliphatic carbocycles. The minimum Gasteiger partial charge on any atom is -0.387 e. The van der Waals surface area contributed by atoms with Gasteiger partial charge in [0, 0.05) is 12.6 Å². The van der Waals surface area contributed by atoms with E-state index in [1.54, 1.807) is 4.52 Å². The van der Waals surface area contributed by atoms with Crippen LogP contribution in [0.3, 0.4) is 0 Å². The van der Waals surface area contributed by atoms with Gasteiger partial charge in [0.25, 0.3) is 0 Å². The largest absolute Gasteiger partial charge is 0.387 e. The predicted octanol–water partition coefficient (Wildman–Crippen LogP) is 0.813. The molecule has 0 atom stereocenters. The molecule has 4 nitrogen and oxygen atoms in total. The molecule has 0 saturated heterocycles. The molecule has 2 aromatic rings. The van der Waals surface area contributed by atoms with Gasteiger partial charge in [0.05, 0.1) is 17.0 Å². The highest BCUT2D eigenvalue weighted by molar-refractivity contribution is 5.79. The number of hydrogen-bond donors (Lipinski definition) is 2. The Bertz CT molecular complexity index is 411. The lowest BCUT2D eigenvalue weighted by Crippen LogP contribution is -2.12. The molecule has 0 unspecified atom stereocenters. The van der Waals surface area contributed by atoms with E-state index in [1.807, 2.05) is 30.5 Å². The lowest BCUT2D eigenvalue weighted by atomic mass is 10.3. The molecule has 0 saturated carbocycles. The SMILES string of the molecule is N=C(N)Cc1cc2ccccn2n1. The van der Waals surface area contributed by atoms with Crippen molar-refractivity contribution in [2.75, 3.05) is 0 Å². The van der Waals surface area contributed by atoms with Gasteiger partial charge < -0.3 is 5.73 Å². The molecular weight excluding hydrogens is 164 g/mol. The molecule has 0 aromatic carbocycles. The number of aromatic nitrogens is 2. The van der Waals surface area contributed by atoms with Crippen LogP contribution in [-0.2, 0) is 6.42 Å². The zero-order valence-corrected chi connectivity index (χ0v) is 7.07. The number of rotatable bonds is 2. The van der Waals surface area contributed by atoms with Gasteiger partial charge in [-0.15, -0.1) is 0 Å². The quantitative estimate of drug-likeness (QED) is 0.522. The van der Waals surface area contributed by atoms with E-state index in [-0.39, 0.29) is 5.84 Å². The number of nitrogens with two attached hydrogens (primary N) is 1. The molecule has 2 heterocycles. The summed E-state index contributed by atoms with van der Waals surface area (Å²) < 4.78 is 1.78. The van der Waals surface area contributed by atoms with Crippen molar-refractivity contribution in [3.63, 3.8) is 0 Å². The number of fused-ring (bicyclic) bond motifs is 1. The van der Waals surface area contributed by atoms with Crippen LogP contribution in [0.2, 0.25) is 0 Å². The molecule has 66 valence electrons. The third-order valence-electron chi connectivity index (χ3n) is 1.79. The van der Waals surface area contributed by atoms with Crippen LogP contribution in [0.5, 0.6) is 0 Å². The first-order valence-corrected chi connectivity index (χ1v) is 4.02. The first-order chi connectivity index (χ1) is 6.25. The van der Waals surface area contributed by atoms with Gasteiger partial charge in [-0.25, -0.2) is 4.52 Å². The zero-order chi connectivity index (χ0) is 9.26. The van der Waals surface area contributed by atoms with E-state index in [4.69, 9.17) is 11.1 Å². The fourth-order valence-corrected chi connectivity index (χ4v) is 1.27. The summed E-state index contributed by atoms with van der Waals surface area (Å²) >= 11 is 0. The van der Waals surface area contributed by atoms with E-state index in [1.165, 1.54) is 0 Å². The van der Waals surface area contributed by atoms with E-state index < -0.39 is 0 Å². The summed E-state index contributed by atoms with van der Waals surface area (Å²) in [6.45, 7) is 0. The summed E-state index contributed by atoms with van der Waals surface area (Å²) in [6, 6.07) is 7.77. The Hall–Kier alpha value is -1.84. The van der Waals surface area contributed by atoms with Crippen molar-refractivity contribution < 1.29 is 0 Å². The van der Waals surface area contributed by atoms with Gasteiger partial charge in [-0.2, -0.15) is 5.10 Å². The highest BCUT2D eigenvalue weighted by Crippen LogP contribution is 2.05. The van der Waals surface area contributed by atoms with Gasteiger partial charge in [0.2, 0.25) is 0 Å². The maximum Gasteiger partial charge on any atom is 0.0966 e. The lowest BCUT2D eigenvalue weighted by molar-refractivity contribution is 0.920. The fraction of sp³-hybridized carbons (Fsp3) is 0.111. The van der Waals surface area contributed by atoms with Crippen molar-refractivity contribution >= 4 is 11.4 Å². The van der Waals surface area contributed by atoms with Crippen molar-refractivity contribution in [3.05, 3.63) is 36.2 Å². The first kappa shape index (κ1) is 7.79. The van der Waals surface area contributed by atoms with E-state index in [9.17, 15) is 0 Å². The molecular formula is C9H10N4. The third-order valence-corrected chi connectivity index (χ3v) is 1.79. The Morgan fingerprint density at radius 1 is 1.54 bits per heavy atom. The molecule has 3 N–H and O–H groups in total. The lowest BCUT2D eigenvalue weighted by Gasteiger charge is -1.90. The molecule has 4 heteroatoms. The minimum absolute atomic E-state index is 0.142. The van der Waals surface area contributed by atoms with Crippen molar-refractivity contribution in [2.24, 2.45) is 5.73 Å². The van der Waals surface area contributed by atoms with Crippen LogP contribution in [0.4, 0.5) is 0 Å². The Morgan fingerprint density at radius 3 is 3.08 bits per heavy atom. The molecule has 0 bridgehead atoms. The van der Waals surface area contributed by atoms with Crippen LogP contribution >= 0.6 is 0 Å².